The molecule has 0 saturated carbocycles. The fourth-order valence-corrected chi connectivity index (χ4v) is 4.84. The third-order valence-electron chi connectivity index (χ3n) is 5.07. The van der Waals surface area contributed by atoms with Crippen molar-refractivity contribution in [3.05, 3.63) is 35.0 Å². The molecule has 0 bridgehead atoms. The number of benzene rings is 1. The lowest BCUT2D eigenvalue weighted by Crippen LogP contribution is -2.51. The number of nitrogens with zero attached hydrogens (tertiary/aromatic N) is 5. The van der Waals surface area contributed by atoms with Gasteiger partial charge in [-0.2, -0.15) is 5.21 Å². The summed E-state index contributed by atoms with van der Waals surface area (Å²) >= 11 is 7.71. The lowest BCUT2D eigenvalue weighted by atomic mass is 9.82. The molecule has 3 aromatic rings. The number of nitrogens with one attached hydrogen (secondary N) is 1. The summed E-state index contributed by atoms with van der Waals surface area (Å²) in [7, 11) is 0. The predicted molar refractivity (Wildman–Crippen MR) is 100 cm³/mol. The van der Waals surface area contributed by atoms with Gasteiger partial charge >= 0.3 is 0 Å². The van der Waals surface area contributed by atoms with E-state index < -0.39 is 5.60 Å². The van der Waals surface area contributed by atoms with Crippen LogP contribution < -0.4 is 9.64 Å². The van der Waals surface area contributed by atoms with E-state index in [1.54, 1.807) is 12.3 Å². The van der Waals surface area contributed by atoms with E-state index in [-0.39, 0.29) is 5.78 Å². The summed E-state index contributed by atoms with van der Waals surface area (Å²) in [5.74, 6) is 1.20. The first kappa shape index (κ1) is 16.6. The van der Waals surface area contributed by atoms with Gasteiger partial charge in [0.1, 0.15) is 11.4 Å². The third kappa shape index (κ3) is 2.87. The highest BCUT2D eigenvalue weighted by molar-refractivity contribution is 7.18. The normalized spacial score (nSPS) is 18.4. The molecule has 1 fully saturated rings. The van der Waals surface area contributed by atoms with Gasteiger partial charge in [-0.15, -0.1) is 10.2 Å². The van der Waals surface area contributed by atoms with E-state index in [1.807, 2.05) is 12.1 Å². The molecule has 0 aliphatic carbocycles. The molecule has 1 spiro atoms. The summed E-state index contributed by atoms with van der Waals surface area (Å²) in [6.07, 6.45) is 3.63. The molecular weight excluding hydrogens is 388 g/mol. The van der Waals surface area contributed by atoms with Gasteiger partial charge in [-0.05, 0) is 17.3 Å². The number of H-pyrrole nitrogens is 1. The fraction of sp³-hybridized carbons (Fsp3) is 0.353. The Morgan fingerprint density at radius 2 is 2.15 bits per heavy atom. The van der Waals surface area contributed by atoms with E-state index in [0.29, 0.717) is 28.6 Å². The predicted octanol–water partition coefficient (Wildman–Crippen LogP) is 2.98. The number of carbonyl (C=O) groups is 1. The zero-order chi connectivity index (χ0) is 18.4. The van der Waals surface area contributed by atoms with Crippen LogP contribution in [0.2, 0.25) is 5.02 Å². The lowest BCUT2D eigenvalue weighted by molar-refractivity contribution is 0.0232. The number of ketones is 1. The van der Waals surface area contributed by atoms with E-state index in [1.165, 1.54) is 11.3 Å². The number of thiazole rings is 1. The Kier molecular flexibility index (Phi) is 3.87. The number of aromatic nitrogens is 5. The van der Waals surface area contributed by atoms with Crippen LogP contribution in [0.5, 0.6) is 5.75 Å². The number of ether oxygens (including phenoxy) is 1. The second kappa shape index (κ2) is 6.28. The average molecular weight is 403 g/mol. The molecule has 8 nitrogen and oxygen atoms in total. The SMILES string of the molecule is O=C1CC2(CCN(c3ncc(-c4nn[nH]n4)s3)CC2)Oc2cccc(Cl)c21. The third-order valence-corrected chi connectivity index (χ3v) is 6.44. The first-order valence-corrected chi connectivity index (χ1v) is 9.78. The van der Waals surface area contributed by atoms with E-state index >= 15 is 0 Å². The van der Waals surface area contributed by atoms with Gasteiger partial charge < -0.3 is 9.64 Å². The number of rotatable bonds is 2. The van der Waals surface area contributed by atoms with Crippen molar-refractivity contribution in [1.29, 1.82) is 0 Å². The Bertz CT molecular complexity index is 997. The van der Waals surface area contributed by atoms with Crippen molar-refractivity contribution in [2.75, 3.05) is 18.0 Å². The van der Waals surface area contributed by atoms with Crippen LogP contribution in [0.4, 0.5) is 5.13 Å². The van der Waals surface area contributed by atoms with Gasteiger partial charge in [-0.3, -0.25) is 4.79 Å². The number of Topliss-reactive ketones (excluding diaryl/α,β-unsaturated/α-hetero) is 1. The molecule has 2 aliphatic heterocycles. The molecule has 1 N–H and O–H groups in total. The molecule has 0 radical (unpaired) electrons. The van der Waals surface area contributed by atoms with Gasteiger partial charge in [0.2, 0.25) is 5.82 Å². The number of anilines is 1. The lowest BCUT2D eigenvalue weighted by Gasteiger charge is -2.44. The quantitative estimate of drug-likeness (QED) is 0.703. The second-order valence-electron chi connectivity index (χ2n) is 6.73. The monoisotopic (exact) mass is 402 g/mol. The van der Waals surface area contributed by atoms with Gasteiger partial charge in [0, 0.05) is 25.9 Å². The van der Waals surface area contributed by atoms with Crippen LogP contribution >= 0.6 is 22.9 Å². The molecule has 1 aromatic carbocycles. The highest BCUT2D eigenvalue weighted by atomic mass is 35.5. The number of piperidine rings is 1. The minimum absolute atomic E-state index is 0.0592. The Labute approximate surface area is 163 Å². The van der Waals surface area contributed by atoms with Gasteiger partial charge in [0.15, 0.2) is 10.9 Å². The molecular formula is C17H15ClN6O2S. The molecule has 27 heavy (non-hydrogen) atoms. The maximum atomic E-state index is 12.7. The number of halogens is 1. The van der Waals surface area contributed by atoms with Gasteiger partial charge in [0.05, 0.1) is 28.1 Å². The van der Waals surface area contributed by atoms with Crippen LogP contribution in [0.25, 0.3) is 10.7 Å². The summed E-state index contributed by atoms with van der Waals surface area (Å²) in [4.78, 5) is 20.2. The second-order valence-corrected chi connectivity index (χ2v) is 8.14. The largest absolute Gasteiger partial charge is 0.486 e. The molecule has 2 aromatic heterocycles. The van der Waals surface area contributed by atoms with Crippen molar-refractivity contribution in [3.8, 4) is 16.5 Å². The van der Waals surface area contributed by atoms with Crippen LogP contribution in [0.3, 0.4) is 0 Å². The Morgan fingerprint density at radius 3 is 2.93 bits per heavy atom. The van der Waals surface area contributed by atoms with Crippen molar-refractivity contribution in [3.63, 3.8) is 0 Å². The number of hydrogen-bond acceptors (Lipinski definition) is 8. The summed E-state index contributed by atoms with van der Waals surface area (Å²) < 4.78 is 6.28. The van der Waals surface area contributed by atoms with E-state index in [0.717, 1.165) is 35.9 Å². The van der Waals surface area contributed by atoms with Crippen molar-refractivity contribution < 1.29 is 9.53 Å². The number of tetrazole rings is 1. The molecule has 5 rings (SSSR count). The first-order chi connectivity index (χ1) is 13.1. The van der Waals surface area contributed by atoms with Crippen LogP contribution in [0.15, 0.2) is 24.4 Å². The molecule has 10 heteroatoms. The Morgan fingerprint density at radius 1 is 1.30 bits per heavy atom. The zero-order valence-electron chi connectivity index (χ0n) is 14.2. The van der Waals surface area contributed by atoms with Gasteiger partial charge in [0.25, 0.3) is 0 Å². The van der Waals surface area contributed by atoms with Crippen molar-refractivity contribution in [2.45, 2.75) is 24.9 Å². The Hall–Kier alpha value is -2.52. The van der Waals surface area contributed by atoms with Gasteiger partial charge in [-0.1, -0.05) is 29.0 Å². The molecule has 0 amide bonds. The van der Waals surface area contributed by atoms with Gasteiger partial charge in [-0.25, -0.2) is 4.98 Å². The number of carbonyl (C=O) groups excluding carboxylic acids is 1. The maximum Gasteiger partial charge on any atom is 0.216 e. The first-order valence-electron chi connectivity index (χ1n) is 8.59. The minimum atomic E-state index is -0.459. The number of hydrogen-bond donors (Lipinski definition) is 1. The van der Waals surface area contributed by atoms with Crippen molar-refractivity contribution in [2.24, 2.45) is 0 Å². The van der Waals surface area contributed by atoms with E-state index in [9.17, 15) is 4.79 Å². The molecule has 2 aliphatic rings. The van der Waals surface area contributed by atoms with Crippen LogP contribution in [-0.4, -0.2) is 50.1 Å². The molecule has 0 atom stereocenters. The van der Waals surface area contributed by atoms with Crippen molar-refractivity contribution >= 4 is 33.9 Å². The zero-order valence-corrected chi connectivity index (χ0v) is 15.8. The molecule has 0 unspecified atom stereocenters. The number of aromatic amines is 1. The fourth-order valence-electron chi connectivity index (χ4n) is 3.68. The van der Waals surface area contributed by atoms with Crippen molar-refractivity contribution in [1.82, 2.24) is 25.6 Å². The Balaban J connectivity index is 1.33. The summed E-state index contributed by atoms with van der Waals surface area (Å²) in [6.45, 7) is 1.53. The highest BCUT2D eigenvalue weighted by Gasteiger charge is 2.44. The number of fused-ring (bicyclic) bond motifs is 1. The summed E-state index contributed by atoms with van der Waals surface area (Å²) in [5, 5.41) is 15.4. The molecule has 4 heterocycles. The van der Waals surface area contributed by atoms with E-state index in [4.69, 9.17) is 16.3 Å². The standard InChI is InChI=1S/C17H15ClN6O2S/c18-10-2-1-3-12-14(10)11(25)8-17(26-12)4-6-24(7-5-17)16-19-9-13(27-16)15-20-22-23-21-15/h1-3,9H,4-8H2,(H,20,21,22,23). The van der Waals surface area contributed by atoms with Crippen LogP contribution in [0, 0.1) is 0 Å². The topological polar surface area (TPSA) is 96.9 Å². The smallest absolute Gasteiger partial charge is 0.216 e. The highest BCUT2D eigenvalue weighted by Crippen LogP contribution is 2.42. The summed E-state index contributed by atoms with van der Waals surface area (Å²) in [6, 6.07) is 5.37. The molecule has 138 valence electrons. The van der Waals surface area contributed by atoms with Crippen LogP contribution in [0.1, 0.15) is 29.6 Å². The van der Waals surface area contributed by atoms with Crippen LogP contribution in [-0.2, 0) is 0 Å². The summed E-state index contributed by atoms with van der Waals surface area (Å²) in [5.41, 5.74) is 0.0517. The maximum absolute atomic E-state index is 12.7. The average Bonchev–Trinajstić information content (AvgIpc) is 3.34. The minimum Gasteiger partial charge on any atom is -0.486 e. The molecule has 1 saturated heterocycles. The van der Waals surface area contributed by atoms with E-state index in [2.05, 4.69) is 30.5 Å².